The molecule has 1 aliphatic rings. The van der Waals surface area contributed by atoms with Crippen LogP contribution in [0.3, 0.4) is 0 Å². The van der Waals surface area contributed by atoms with Crippen LogP contribution < -0.4 is 10.6 Å². The predicted molar refractivity (Wildman–Crippen MR) is 60.9 cm³/mol. The molecule has 4 nitrogen and oxygen atoms in total. The van der Waals surface area contributed by atoms with Crippen LogP contribution in [0.5, 0.6) is 0 Å². The first-order valence-corrected chi connectivity index (χ1v) is 5.58. The Morgan fingerprint density at radius 1 is 1.47 bits per heavy atom. The topological polar surface area (TPSA) is 49.8 Å². The molecular formula is C11H18N4. The van der Waals surface area contributed by atoms with E-state index in [0.717, 1.165) is 30.5 Å². The third-order valence-corrected chi connectivity index (χ3v) is 2.78. The quantitative estimate of drug-likeness (QED) is 0.777. The monoisotopic (exact) mass is 206 g/mol. The van der Waals surface area contributed by atoms with Crippen molar-refractivity contribution < 1.29 is 0 Å². The van der Waals surface area contributed by atoms with Crippen LogP contribution in [0, 0.1) is 12.8 Å². The van der Waals surface area contributed by atoms with Gasteiger partial charge in [0.25, 0.3) is 0 Å². The molecule has 0 aromatic carbocycles. The molecule has 2 heterocycles. The fourth-order valence-electron chi connectivity index (χ4n) is 1.83. The van der Waals surface area contributed by atoms with Gasteiger partial charge in [0, 0.05) is 18.9 Å². The average molecular weight is 206 g/mol. The van der Waals surface area contributed by atoms with E-state index in [-0.39, 0.29) is 0 Å². The number of aryl methyl sites for hydroxylation is 1. The van der Waals surface area contributed by atoms with Crippen LogP contribution in [-0.2, 0) is 0 Å². The maximum Gasteiger partial charge on any atom is 0.222 e. The zero-order chi connectivity index (χ0) is 10.5. The molecular weight excluding hydrogens is 188 g/mol. The van der Waals surface area contributed by atoms with E-state index in [4.69, 9.17) is 0 Å². The lowest BCUT2D eigenvalue weighted by atomic mass is 10.1. The van der Waals surface area contributed by atoms with Crippen LogP contribution in [0.1, 0.15) is 18.4 Å². The van der Waals surface area contributed by atoms with Gasteiger partial charge in [0.2, 0.25) is 5.95 Å². The molecule has 0 aliphatic carbocycles. The number of anilines is 1. The first-order chi connectivity index (χ1) is 7.34. The summed E-state index contributed by atoms with van der Waals surface area (Å²) in [6, 6.07) is 0. The Morgan fingerprint density at radius 3 is 2.93 bits per heavy atom. The number of nitrogens with one attached hydrogen (secondary N) is 2. The van der Waals surface area contributed by atoms with E-state index in [1.165, 1.54) is 19.4 Å². The Labute approximate surface area is 90.5 Å². The number of rotatable bonds is 4. The predicted octanol–water partition coefficient (Wildman–Crippen LogP) is 1.20. The second-order valence-corrected chi connectivity index (χ2v) is 4.16. The molecule has 0 bridgehead atoms. The summed E-state index contributed by atoms with van der Waals surface area (Å²) in [5.41, 5.74) is 1.10. The molecule has 1 aromatic heterocycles. The lowest BCUT2D eigenvalue weighted by Gasteiger charge is -2.08. The van der Waals surface area contributed by atoms with Crippen molar-refractivity contribution in [1.82, 2.24) is 15.3 Å². The van der Waals surface area contributed by atoms with E-state index < -0.39 is 0 Å². The summed E-state index contributed by atoms with van der Waals surface area (Å²) in [4.78, 5) is 8.41. The van der Waals surface area contributed by atoms with Crippen LogP contribution in [0.4, 0.5) is 5.95 Å². The molecule has 1 saturated heterocycles. The van der Waals surface area contributed by atoms with Crippen molar-refractivity contribution in [2.75, 3.05) is 25.0 Å². The van der Waals surface area contributed by atoms with Crippen LogP contribution in [0.25, 0.3) is 0 Å². The molecule has 0 radical (unpaired) electrons. The van der Waals surface area contributed by atoms with Crippen molar-refractivity contribution in [2.24, 2.45) is 5.92 Å². The third-order valence-electron chi connectivity index (χ3n) is 2.78. The summed E-state index contributed by atoms with van der Waals surface area (Å²) in [7, 11) is 0. The standard InChI is InChI=1S/C11H18N4/c1-9-6-14-11(15-7-9)13-5-3-10-2-4-12-8-10/h6-7,10,12H,2-5,8H2,1H3,(H,13,14,15). The van der Waals surface area contributed by atoms with Crippen molar-refractivity contribution in [2.45, 2.75) is 19.8 Å². The lowest BCUT2D eigenvalue weighted by Crippen LogP contribution is -2.13. The van der Waals surface area contributed by atoms with E-state index in [0.29, 0.717) is 0 Å². The van der Waals surface area contributed by atoms with Crippen LogP contribution in [0.15, 0.2) is 12.4 Å². The Kier molecular flexibility index (Phi) is 3.50. The second-order valence-electron chi connectivity index (χ2n) is 4.16. The largest absolute Gasteiger partial charge is 0.354 e. The van der Waals surface area contributed by atoms with Gasteiger partial charge in [0.05, 0.1) is 0 Å². The number of hydrogen-bond donors (Lipinski definition) is 2. The Morgan fingerprint density at radius 2 is 2.27 bits per heavy atom. The van der Waals surface area contributed by atoms with Gasteiger partial charge in [0.15, 0.2) is 0 Å². The van der Waals surface area contributed by atoms with E-state index in [2.05, 4.69) is 20.6 Å². The van der Waals surface area contributed by atoms with Crippen molar-refractivity contribution in [3.05, 3.63) is 18.0 Å². The lowest BCUT2D eigenvalue weighted by molar-refractivity contribution is 0.548. The minimum absolute atomic E-state index is 0.742. The number of hydrogen-bond acceptors (Lipinski definition) is 4. The van der Waals surface area contributed by atoms with Crippen molar-refractivity contribution >= 4 is 5.95 Å². The Hall–Kier alpha value is -1.16. The SMILES string of the molecule is Cc1cnc(NCCC2CCNC2)nc1. The van der Waals surface area contributed by atoms with Crippen LogP contribution in [0.2, 0.25) is 0 Å². The molecule has 82 valence electrons. The van der Waals surface area contributed by atoms with Gasteiger partial charge in [-0.1, -0.05) is 0 Å². The minimum atomic E-state index is 0.742. The molecule has 1 unspecified atom stereocenters. The highest BCUT2D eigenvalue weighted by Gasteiger charge is 2.13. The van der Waals surface area contributed by atoms with Gasteiger partial charge in [-0.15, -0.1) is 0 Å². The van der Waals surface area contributed by atoms with E-state index in [1.54, 1.807) is 0 Å². The molecule has 4 heteroatoms. The molecule has 2 rings (SSSR count). The second kappa shape index (κ2) is 5.07. The van der Waals surface area contributed by atoms with Crippen molar-refractivity contribution in [3.63, 3.8) is 0 Å². The van der Waals surface area contributed by atoms with Gasteiger partial charge in [-0.2, -0.15) is 0 Å². The first kappa shape index (κ1) is 10.4. The van der Waals surface area contributed by atoms with Gasteiger partial charge in [0.1, 0.15) is 0 Å². The zero-order valence-corrected chi connectivity index (χ0v) is 9.16. The maximum atomic E-state index is 4.20. The van der Waals surface area contributed by atoms with Crippen molar-refractivity contribution in [3.8, 4) is 0 Å². The normalized spacial score (nSPS) is 20.5. The summed E-state index contributed by atoms with van der Waals surface area (Å²) in [6.45, 7) is 5.30. The van der Waals surface area contributed by atoms with E-state index >= 15 is 0 Å². The molecule has 1 fully saturated rings. The van der Waals surface area contributed by atoms with Gasteiger partial charge in [-0.3, -0.25) is 0 Å². The van der Waals surface area contributed by atoms with Gasteiger partial charge < -0.3 is 10.6 Å². The first-order valence-electron chi connectivity index (χ1n) is 5.58. The van der Waals surface area contributed by atoms with Crippen molar-refractivity contribution in [1.29, 1.82) is 0 Å². The zero-order valence-electron chi connectivity index (χ0n) is 9.16. The number of aromatic nitrogens is 2. The smallest absolute Gasteiger partial charge is 0.222 e. The van der Waals surface area contributed by atoms with E-state index in [9.17, 15) is 0 Å². The summed E-state index contributed by atoms with van der Waals surface area (Å²) in [5.74, 6) is 1.56. The highest BCUT2D eigenvalue weighted by atomic mass is 15.1. The summed E-state index contributed by atoms with van der Waals surface area (Å²) >= 11 is 0. The molecule has 1 atom stereocenters. The van der Waals surface area contributed by atoms with Crippen LogP contribution >= 0.6 is 0 Å². The minimum Gasteiger partial charge on any atom is -0.354 e. The van der Waals surface area contributed by atoms with Crippen LogP contribution in [-0.4, -0.2) is 29.6 Å². The molecule has 1 aromatic rings. The highest BCUT2D eigenvalue weighted by molar-refractivity contribution is 5.23. The molecule has 0 saturated carbocycles. The molecule has 0 spiro atoms. The number of nitrogens with zero attached hydrogens (tertiary/aromatic N) is 2. The molecule has 2 N–H and O–H groups in total. The van der Waals surface area contributed by atoms with Gasteiger partial charge in [-0.05, 0) is 44.3 Å². The average Bonchev–Trinajstić information content (AvgIpc) is 2.74. The summed E-state index contributed by atoms with van der Waals surface area (Å²) < 4.78 is 0. The fraction of sp³-hybridized carbons (Fsp3) is 0.636. The fourth-order valence-corrected chi connectivity index (χ4v) is 1.83. The van der Waals surface area contributed by atoms with Gasteiger partial charge >= 0.3 is 0 Å². The highest BCUT2D eigenvalue weighted by Crippen LogP contribution is 2.11. The molecule has 15 heavy (non-hydrogen) atoms. The summed E-state index contributed by atoms with van der Waals surface area (Å²) in [6.07, 6.45) is 6.18. The Bertz CT molecular complexity index is 290. The maximum absolute atomic E-state index is 4.20. The Balaban J connectivity index is 1.71. The summed E-state index contributed by atoms with van der Waals surface area (Å²) in [5, 5.41) is 6.62. The van der Waals surface area contributed by atoms with Gasteiger partial charge in [-0.25, -0.2) is 9.97 Å². The van der Waals surface area contributed by atoms with E-state index in [1.807, 2.05) is 19.3 Å². The molecule has 0 amide bonds. The third kappa shape index (κ3) is 3.16. The molecule has 1 aliphatic heterocycles.